The lowest BCUT2D eigenvalue weighted by Crippen LogP contribution is -2.00. The van der Waals surface area contributed by atoms with E-state index in [0.717, 1.165) is 17.7 Å². The van der Waals surface area contributed by atoms with E-state index in [1.54, 1.807) is 25.3 Å². The van der Waals surface area contributed by atoms with E-state index in [0.29, 0.717) is 22.1 Å². The van der Waals surface area contributed by atoms with Crippen LogP contribution in [0.25, 0.3) is 11.3 Å². The zero-order valence-electron chi connectivity index (χ0n) is 15.3. The van der Waals surface area contributed by atoms with Gasteiger partial charge >= 0.3 is 0 Å². The average molecular weight is 379 g/mol. The third-order valence-corrected chi connectivity index (χ3v) is 5.57. The molecule has 0 saturated carbocycles. The zero-order chi connectivity index (χ0) is 18.8. The first-order chi connectivity index (χ1) is 13.1. The first kappa shape index (κ1) is 17.5. The number of aromatic nitrogens is 1. The standard InChI is InChI=1S/C21H21N3O2S/c1-13(15-7-6-14-4-3-5-16(14)10-15)23-24-21-22-19(12-27-21)18-9-8-17(26-2)11-20(18)25/h6-12,25H,3-5H2,1-2H3,(H,22,24)/b23-13+. The number of ether oxygens (including phenoxy) is 1. The highest BCUT2D eigenvalue weighted by Crippen LogP contribution is 2.34. The van der Waals surface area contributed by atoms with Crippen LogP contribution in [0.4, 0.5) is 5.13 Å². The zero-order valence-corrected chi connectivity index (χ0v) is 16.1. The highest BCUT2D eigenvalue weighted by molar-refractivity contribution is 7.14. The van der Waals surface area contributed by atoms with Crippen molar-refractivity contribution in [3.63, 3.8) is 0 Å². The lowest BCUT2D eigenvalue weighted by molar-refractivity contribution is 0.408. The molecule has 0 aliphatic heterocycles. The minimum atomic E-state index is 0.143. The minimum Gasteiger partial charge on any atom is -0.507 e. The van der Waals surface area contributed by atoms with Gasteiger partial charge in [0, 0.05) is 17.0 Å². The van der Waals surface area contributed by atoms with Crippen LogP contribution in [0.5, 0.6) is 11.5 Å². The summed E-state index contributed by atoms with van der Waals surface area (Å²) in [5, 5.41) is 17.2. The number of anilines is 1. The first-order valence-electron chi connectivity index (χ1n) is 8.89. The molecular formula is C21H21N3O2S. The Morgan fingerprint density at radius 2 is 2.04 bits per heavy atom. The molecule has 5 nitrogen and oxygen atoms in total. The van der Waals surface area contributed by atoms with Gasteiger partial charge in [-0.25, -0.2) is 4.98 Å². The number of hydrazone groups is 1. The molecule has 0 amide bonds. The summed E-state index contributed by atoms with van der Waals surface area (Å²) in [7, 11) is 1.57. The number of thiazole rings is 1. The summed E-state index contributed by atoms with van der Waals surface area (Å²) in [6.45, 7) is 1.99. The largest absolute Gasteiger partial charge is 0.507 e. The maximum absolute atomic E-state index is 10.2. The Bertz CT molecular complexity index is 1010. The summed E-state index contributed by atoms with van der Waals surface area (Å²) < 4.78 is 5.12. The Hall–Kier alpha value is -2.86. The minimum absolute atomic E-state index is 0.143. The van der Waals surface area contributed by atoms with E-state index in [9.17, 15) is 5.11 Å². The fraction of sp³-hybridized carbons (Fsp3) is 0.238. The summed E-state index contributed by atoms with van der Waals surface area (Å²) in [4.78, 5) is 4.52. The van der Waals surface area contributed by atoms with Gasteiger partial charge in [0.2, 0.25) is 5.13 Å². The molecule has 138 valence electrons. The number of fused-ring (bicyclic) bond motifs is 1. The van der Waals surface area contributed by atoms with Crippen molar-refractivity contribution in [1.82, 2.24) is 4.98 Å². The molecule has 0 bridgehead atoms. The lowest BCUT2D eigenvalue weighted by Gasteiger charge is -2.05. The maximum atomic E-state index is 10.2. The Balaban J connectivity index is 1.50. The third kappa shape index (κ3) is 3.66. The van der Waals surface area contributed by atoms with Crippen molar-refractivity contribution in [3.05, 3.63) is 58.5 Å². The molecule has 3 aromatic rings. The number of phenols is 1. The third-order valence-electron chi connectivity index (χ3n) is 4.82. The summed E-state index contributed by atoms with van der Waals surface area (Å²) >= 11 is 1.45. The van der Waals surface area contributed by atoms with Gasteiger partial charge < -0.3 is 9.84 Å². The highest BCUT2D eigenvalue weighted by atomic mass is 32.1. The van der Waals surface area contributed by atoms with Crippen molar-refractivity contribution >= 4 is 22.2 Å². The summed E-state index contributed by atoms with van der Waals surface area (Å²) in [6.07, 6.45) is 3.59. The molecule has 4 rings (SSSR count). The molecule has 1 aliphatic rings. The Morgan fingerprint density at radius 1 is 1.19 bits per heavy atom. The van der Waals surface area contributed by atoms with E-state index >= 15 is 0 Å². The molecule has 0 saturated heterocycles. The van der Waals surface area contributed by atoms with Gasteiger partial charge in [-0.3, -0.25) is 5.43 Å². The number of aryl methyl sites for hydroxylation is 2. The van der Waals surface area contributed by atoms with Crippen LogP contribution in [0.3, 0.4) is 0 Å². The van der Waals surface area contributed by atoms with E-state index in [2.05, 4.69) is 33.7 Å². The fourth-order valence-corrected chi connectivity index (χ4v) is 3.95. The second-order valence-electron chi connectivity index (χ2n) is 6.57. The van der Waals surface area contributed by atoms with Crippen LogP contribution < -0.4 is 10.2 Å². The number of methoxy groups -OCH3 is 1. The number of nitrogens with one attached hydrogen (secondary N) is 1. The van der Waals surface area contributed by atoms with Gasteiger partial charge in [0.25, 0.3) is 0 Å². The number of hydrogen-bond donors (Lipinski definition) is 2. The number of rotatable bonds is 5. The second-order valence-corrected chi connectivity index (χ2v) is 7.43. The van der Waals surface area contributed by atoms with Crippen LogP contribution in [0.2, 0.25) is 0 Å². The SMILES string of the molecule is COc1ccc(-c2csc(N/N=C(\C)c3ccc4c(c3)CCC4)n2)c(O)c1. The normalized spacial score (nSPS) is 13.5. The topological polar surface area (TPSA) is 66.7 Å². The van der Waals surface area contributed by atoms with Crippen LogP contribution in [-0.2, 0) is 12.8 Å². The average Bonchev–Trinajstić information content (AvgIpc) is 3.34. The predicted octanol–water partition coefficient (Wildman–Crippen LogP) is 4.85. The van der Waals surface area contributed by atoms with Crippen LogP contribution in [0.1, 0.15) is 30.0 Å². The van der Waals surface area contributed by atoms with Gasteiger partial charge in [-0.1, -0.05) is 12.1 Å². The van der Waals surface area contributed by atoms with Crippen LogP contribution in [0, 0.1) is 0 Å². The molecule has 1 aromatic heterocycles. The highest BCUT2D eigenvalue weighted by Gasteiger charge is 2.12. The number of phenolic OH excluding ortho intramolecular Hbond substituents is 1. The molecular weight excluding hydrogens is 358 g/mol. The number of hydrogen-bond acceptors (Lipinski definition) is 6. The Kier molecular flexibility index (Phi) is 4.81. The summed E-state index contributed by atoms with van der Waals surface area (Å²) in [5.74, 6) is 0.753. The monoisotopic (exact) mass is 379 g/mol. The molecule has 0 spiro atoms. The van der Waals surface area contributed by atoms with Gasteiger partial charge in [-0.05, 0) is 61.1 Å². The number of nitrogens with zero attached hydrogens (tertiary/aromatic N) is 2. The summed E-state index contributed by atoms with van der Waals surface area (Å²) in [6, 6.07) is 11.8. The molecule has 0 fully saturated rings. The summed E-state index contributed by atoms with van der Waals surface area (Å²) in [5.41, 5.74) is 9.36. The van der Waals surface area contributed by atoms with Gasteiger partial charge in [0.15, 0.2) is 0 Å². The maximum Gasteiger partial charge on any atom is 0.203 e. The van der Waals surface area contributed by atoms with E-state index in [-0.39, 0.29) is 5.75 Å². The predicted molar refractivity (Wildman–Crippen MR) is 110 cm³/mol. The molecule has 27 heavy (non-hydrogen) atoms. The fourth-order valence-electron chi connectivity index (χ4n) is 3.30. The Labute approximate surface area is 162 Å². The smallest absolute Gasteiger partial charge is 0.203 e. The van der Waals surface area contributed by atoms with Crippen molar-refractivity contribution in [1.29, 1.82) is 0 Å². The first-order valence-corrected chi connectivity index (χ1v) is 9.77. The van der Waals surface area contributed by atoms with Crippen molar-refractivity contribution in [3.8, 4) is 22.8 Å². The lowest BCUT2D eigenvalue weighted by atomic mass is 10.0. The van der Waals surface area contributed by atoms with Crippen molar-refractivity contribution in [2.24, 2.45) is 5.10 Å². The molecule has 1 heterocycles. The van der Waals surface area contributed by atoms with Crippen LogP contribution >= 0.6 is 11.3 Å². The van der Waals surface area contributed by atoms with E-state index in [1.807, 2.05) is 12.3 Å². The van der Waals surface area contributed by atoms with Gasteiger partial charge in [0.05, 0.1) is 18.5 Å². The quantitative estimate of drug-likeness (QED) is 0.491. The molecule has 1 aliphatic carbocycles. The second kappa shape index (κ2) is 7.40. The van der Waals surface area contributed by atoms with Crippen molar-refractivity contribution < 1.29 is 9.84 Å². The van der Waals surface area contributed by atoms with Crippen molar-refractivity contribution in [2.75, 3.05) is 12.5 Å². The number of benzene rings is 2. The van der Waals surface area contributed by atoms with E-state index in [4.69, 9.17) is 4.74 Å². The molecule has 0 unspecified atom stereocenters. The Morgan fingerprint density at radius 3 is 2.85 bits per heavy atom. The van der Waals surface area contributed by atoms with E-state index in [1.165, 1.54) is 35.3 Å². The molecule has 0 atom stereocenters. The van der Waals surface area contributed by atoms with Crippen LogP contribution in [0.15, 0.2) is 46.9 Å². The van der Waals surface area contributed by atoms with E-state index < -0.39 is 0 Å². The molecule has 2 N–H and O–H groups in total. The molecule has 0 radical (unpaired) electrons. The van der Waals surface area contributed by atoms with Gasteiger partial charge in [0.1, 0.15) is 11.5 Å². The number of aromatic hydroxyl groups is 1. The molecule has 6 heteroatoms. The van der Waals surface area contributed by atoms with Crippen molar-refractivity contribution in [2.45, 2.75) is 26.2 Å². The van der Waals surface area contributed by atoms with Gasteiger partial charge in [-0.2, -0.15) is 5.10 Å². The van der Waals surface area contributed by atoms with Gasteiger partial charge in [-0.15, -0.1) is 11.3 Å². The van der Waals surface area contributed by atoms with Crippen LogP contribution in [-0.4, -0.2) is 22.9 Å². The molecule has 2 aromatic carbocycles.